The third-order valence-corrected chi connectivity index (χ3v) is 6.65. The number of anilines is 1. The van der Waals surface area contributed by atoms with Crippen molar-refractivity contribution in [2.45, 2.75) is 31.7 Å². The number of ether oxygens (including phenoxy) is 2. The summed E-state index contributed by atoms with van der Waals surface area (Å²) in [6.07, 6.45) is 0. The lowest BCUT2D eigenvalue weighted by Gasteiger charge is -2.21. The highest BCUT2D eigenvalue weighted by Crippen LogP contribution is 2.31. The Morgan fingerprint density at radius 1 is 0.966 bits per heavy atom. The molecule has 0 radical (unpaired) electrons. The van der Waals surface area contributed by atoms with Gasteiger partial charge in [-0.05, 0) is 49.2 Å². The first kappa shape index (κ1) is 22.5. The number of nitrogens with zero attached hydrogens (tertiary/aromatic N) is 1. The van der Waals surface area contributed by atoms with Gasteiger partial charge >= 0.3 is 0 Å². The fourth-order valence-corrected chi connectivity index (χ4v) is 3.76. The van der Waals surface area contributed by atoms with E-state index in [-0.39, 0.29) is 16.8 Å². The number of rotatable bonds is 8. The number of nitrogens with one attached hydrogen (secondary N) is 1. The third kappa shape index (κ3) is 5.00. The molecular formula is C21H28N2O5S. The van der Waals surface area contributed by atoms with E-state index in [9.17, 15) is 13.2 Å². The average molecular weight is 421 g/mol. The largest absolute Gasteiger partial charge is 0.493 e. The molecule has 1 atom stereocenters. The number of amides is 1. The maximum atomic E-state index is 13.0. The van der Waals surface area contributed by atoms with Gasteiger partial charge in [0.05, 0.1) is 24.8 Å². The molecule has 7 nitrogen and oxygen atoms in total. The van der Waals surface area contributed by atoms with Crippen molar-refractivity contribution in [3.63, 3.8) is 0 Å². The minimum absolute atomic E-state index is 0.0373. The lowest BCUT2D eigenvalue weighted by Crippen LogP contribution is -2.36. The molecule has 0 aromatic heterocycles. The van der Waals surface area contributed by atoms with Gasteiger partial charge in [-0.25, -0.2) is 8.42 Å². The molecule has 29 heavy (non-hydrogen) atoms. The second-order valence-corrected chi connectivity index (χ2v) is 9.01. The highest BCUT2D eigenvalue weighted by Gasteiger charge is 2.23. The molecule has 0 aliphatic carbocycles. The molecule has 158 valence electrons. The molecule has 0 bridgehead atoms. The van der Waals surface area contributed by atoms with Gasteiger partial charge in [-0.2, -0.15) is 0 Å². The summed E-state index contributed by atoms with van der Waals surface area (Å²) in [4.78, 5) is 12.4. The Balaban J connectivity index is 2.25. The fourth-order valence-electron chi connectivity index (χ4n) is 2.55. The SMILES string of the molecule is COc1ccc(S(=O)(=O)N(C)c2ccc(C(=O)N[C@H](C)C(C)C)cc2)cc1OC. The van der Waals surface area contributed by atoms with Crippen LogP contribution in [0.2, 0.25) is 0 Å². The van der Waals surface area contributed by atoms with Crippen LogP contribution in [0.15, 0.2) is 47.4 Å². The lowest BCUT2D eigenvalue weighted by atomic mass is 10.1. The normalized spacial score (nSPS) is 12.4. The van der Waals surface area contributed by atoms with Crippen molar-refractivity contribution in [1.29, 1.82) is 0 Å². The van der Waals surface area contributed by atoms with E-state index in [1.54, 1.807) is 30.3 Å². The van der Waals surface area contributed by atoms with E-state index in [4.69, 9.17) is 9.47 Å². The number of methoxy groups -OCH3 is 2. The zero-order valence-electron chi connectivity index (χ0n) is 17.6. The van der Waals surface area contributed by atoms with Gasteiger partial charge in [-0.3, -0.25) is 9.10 Å². The molecule has 1 amide bonds. The van der Waals surface area contributed by atoms with Crippen LogP contribution in [0.4, 0.5) is 5.69 Å². The second kappa shape index (κ2) is 9.17. The number of carbonyl (C=O) groups is 1. The molecule has 0 unspecified atom stereocenters. The standard InChI is InChI=1S/C21H28N2O5S/c1-14(2)15(3)22-21(24)16-7-9-17(10-8-16)23(4)29(25,26)18-11-12-19(27-5)20(13-18)28-6/h7-15H,1-6H3,(H,22,24)/t15-/m1/s1. The maximum absolute atomic E-state index is 13.0. The number of benzene rings is 2. The van der Waals surface area contributed by atoms with E-state index in [1.165, 1.54) is 33.4 Å². The van der Waals surface area contributed by atoms with Crippen molar-refractivity contribution in [3.05, 3.63) is 48.0 Å². The van der Waals surface area contributed by atoms with Crippen LogP contribution in [0, 0.1) is 5.92 Å². The van der Waals surface area contributed by atoms with Gasteiger partial charge in [0.25, 0.3) is 15.9 Å². The first-order valence-corrected chi connectivity index (χ1v) is 10.7. The van der Waals surface area contributed by atoms with Crippen molar-refractivity contribution >= 4 is 21.6 Å². The van der Waals surface area contributed by atoms with E-state index < -0.39 is 10.0 Å². The summed E-state index contributed by atoms with van der Waals surface area (Å²) in [7, 11) is 0.575. The molecule has 0 spiro atoms. The average Bonchev–Trinajstić information content (AvgIpc) is 2.72. The highest BCUT2D eigenvalue weighted by atomic mass is 32.2. The zero-order valence-corrected chi connectivity index (χ0v) is 18.4. The molecule has 1 N–H and O–H groups in total. The van der Waals surface area contributed by atoms with Crippen molar-refractivity contribution < 1.29 is 22.7 Å². The predicted molar refractivity (Wildman–Crippen MR) is 113 cm³/mol. The molecule has 0 heterocycles. The minimum Gasteiger partial charge on any atom is -0.493 e. The molecular weight excluding hydrogens is 392 g/mol. The Morgan fingerprint density at radius 2 is 1.55 bits per heavy atom. The molecule has 2 aromatic rings. The van der Waals surface area contributed by atoms with Crippen molar-refractivity contribution in [2.24, 2.45) is 5.92 Å². The minimum atomic E-state index is -3.82. The van der Waals surface area contributed by atoms with Gasteiger partial charge in [0.1, 0.15) is 0 Å². The Labute approximate surface area is 172 Å². The summed E-state index contributed by atoms with van der Waals surface area (Å²) < 4.78 is 37.5. The van der Waals surface area contributed by atoms with Crippen LogP contribution in [-0.2, 0) is 10.0 Å². The van der Waals surface area contributed by atoms with E-state index in [0.29, 0.717) is 28.7 Å². The Hall–Kier alpha value is -2.74. The molecule has 2 rings (SSSR count). The monoisotopic (exact) mass is 420 g/mol. The van der Waals surface area contributed by atoms with E-state index in [2.05, 4.69) is 5.32 Å². The van der Waals surface area contributed by atoms with Crippen molar-refractivity contribution in [2.75, 3.05) is 25.6 Å². The summed E-state index contributed by atoms with van der Waals surface area (Å²) in [5.41, 5.74) is 0.909. The number of sulfonamides is 1. The summed E-state index contributed by atoms with van der Waals surface area (Å²) in [5, 5.41) is 2.93. The molecule has 2 aromatic carbocycles. The van der Waals surface area contributed by atoms with Crippen LogP contribution in [0.3, 0.4) is 0 Å². The van der Waals surface area contributed by atoms with E-state index in [1.807, 2.05) is 20.8 Å². The van der Waals surface area contributed by atoms with Gasteiger partial charge in [0, 0.05) is 24.7 Å². The summed E-state index contributed by atoms with van der Waals surface area (Å²) in [6.45, 7) is 6.00. The molecule has 0 aliphatic rings. The Morgan fingerprint density at radius 3 is 2.07 bits per heavy atom. The highest BCUT2D eigenvalue weighted by molar-refractivity contribution is 7.92. The van der Waals surface area contributed by atoms with Crippen LogP contribution in [0.25, 0.3) is 0 Å². The smallest absolute Gasteiger partial charge is 0.264 e. The van der Waals surface area contributed by atoms with Crippen LogP contribution < -0.4 is 19.1 Å². The fraction of sp³-hybridized carbons (Fsp3) is 0.381. The molecule has 0 fully saturated rings. The summed E-state index contributed by atoms with van der Waals surface area (Å²) in [6, 6.07) is 10.9. The molecule has 0 saturated carbocycles. The second-order valence-electron chi connectivity index (χ2n) is 7.04. The summed E-state index contributed by atoms with van der Waals surface area (Å²) >= 11 is 0. The van der Waals surface area contributed by atoms with Crippen LogP contribution in [0.1, 0.15) is 31.1 Å². The van der Waals surface area contributed by atoms with Gasteiger partial charge in [0.2, 0.25) is 0 Å². The number of hydrogen-bond donors (Lipinski definition) is 1. The van der Waals surface area contributed by atoms with E-state index >= 15 is 0 Å². The predicted octanol–water partition coefficient (Wildman–Crippen LogP) is 3.30. The van der Waals surface area contributed by atoms with Crippen molar-refractivity contribution in [1.82, 2.24) is 5.32 Å². The van der Waals surface area contributed by atoms with Gasteiger partial charge in [-0.1, -0.05) is 13.8 Å². The van der Waals surface area contributed by atoms with Crippen LogP contribution in [-0.4, -0.2) is 41.6 Å². The van der Waals surface area contributed by atoms with Crippen molar-refractivity contribution in [3.8, 4) is 11.5 Å². The Kier molecular flexibility index (Phi) is 7.13. The molecule has 8 heteroatoms. The summed E-state index contributed by atoms with van der Waals surface area (Å²) in [5.74, 6) is 0.896. The third-order valence-electron chi connectivity index (χ3n) is 4.87. The van der Waals surface area contributed by atoms with Crippen LogP contribution >= 0.6 is 0 Å². The maximum Gasteiger partial charge on any atom is 0.264 e. The zero-order chi connectivity index (χ0) is 21.8. The van der Waals surface area contributed by atoms with E-state index in [0.717, 1.165) is 4.31 Å². The first-order valence-electron chi connectivity index (χ1n) is 9.23. The quantitative estimate of drug-likeness (QED) is 0.708. The van der Waals surface area contributed by atoms with Gasteiger partial charge < -0.3 is 14.8 Å². The van der Waals surface area contributed by atoms with Crippen LogP contribution in [0.5, 0.6) is 11.5 Å². The van der Waals surface area contributed by atoms with Gasteiger partial charge in [-0.15, -0.1) is 0 Å². The number of carbonyl (C=O) groups excluding carboxylic acids is 1. The Bertz CT molecular complexity index is 956. The topological polar surface area (TPSA) is 84.9 Å². The van der Waals surface area contributed by atoms with Gasteiger partial charge in [0.15, 0.2) is 11.5 Å². The molecule has 0 saturated heterocycles. The number of hydrogen-bond acceptors (Lipinski definition) is 5. The first-order chi connectivity index (χ1) is 13.6. The lowest BCUT2D eigenvalue weighted by molar-refractivity contribution is 0.0930. The molecule has 0 aliphatic heterocycles.